The maximum Gasteiger partial charge on any atom is 0.387 e. The van der Waals surface area contributed by atoms with Crippen molar-refractivity contribution < 1.29 is 33.0 Å². The van der Waals surface area contributed by atoms with Crippen LogP contribution in [0.5, 0.6) is 5.75 Å². The summed E-state index contributed by atoms with van der Waals surface area (Å²) in [4.78, 5) is 24.7. The summed E-state index contributed by atoms with van der Waals surface area (Å²) in [6.07, 6.45) is -0.237. The minimum absolute atomic E-state index is 0.121. The molecule has 1 heterocycles. The number of amides is 1. The van der Waals surface area contributed by atoms with Crippen LogP contribution in [0, 0.1) is 0 Å². The lowest BCUT2D eigenvalue weighted by molar-refractivity contribution is -0.139. The van der Waals surface area contributed by atoms with Crippen LogP contribution in [0.15, 0.2) is 24.3 Å². The van der Waals surface area contributed by atoms with Gasteiger partial charge < -0.3 is 19.5 Å². The Morgan fingerprint density at radius 2 is 2.23 bits per heavy atom. The number of benzene rings is 1. The van der Waals surface area contributed by atoms with Gasteiger partial charge in [0.25, 0.3) is 5.91 Å². The van der Waals surface area contributed by atoms with Gasteiger partial charge in [0.05, 0.1) is 25.7 Å². The van der Waals surface area contributed by atoms with E-state index in [0.717, 1.165) is 0 Å². The fourth-order valence-electron chi connectivity index (χ4n) is 2.26. The molecule has 1 N–H and O–H groups in total. The van der Waals surface area contributed by atoms with Gasteiger partial charge in [-0.15, -0.1) is 0 Å². The van der Waals surface area contributed by atoms with Gasteiger partial charge in [0.15, 0.2) is 0 Å². The Balaban J connectivity index is 2.16. The molecular formula is C14H15F2NO5. The van der Waals surface area contributed by atoms with Gasteiger partial charge in [0.2, 0.25) is 0 Å². The highest BCUT2D eigenvalue weighted by molar-refractivity contribution is 5.95. The minimum atomic E-state index is -2.98. The van der Waals surface area contributed by atoms with E-state index < -0.39 is 24.5 Å². The van der Waals surface area contributed by atoms with Crippen LogP contribution in [0.25, 0.3) is 0 Å². The molecule has 1 aromatic rings. The second-order valence-electron chi connectivity index (χ2n) is 4.73. The Labute approximate surface area is 125 Å². The molecule has 1 fully saturated rings. The predicted octanol–water partition coefficient (Wildman–Crippen LogP) is 1.60. The third-order valence-corrected chi connectivity index (χ3v) is 3.20. The average molecular weight is 315 g/mol. The summed E-state index contributed by atoms with van der Waals surface area (Å²) in [5, 5.41) is 8.88. The van der Waals surface area contributed by atoms with Gasteiger partial charge in [0, 0.05) is 12.1 Å². The van der Waals surface area contributed by atoms with E-state index in [9.17, 15) is 18.4 Å². The summed E-state index contributed by atoms with van der Waals surface area (Å²) in [6, 6.07) is 4.84. The number of carboxylic acids is 1. The molecule has 1 aliphatic rings. The summed E-state index contributed by atoms with van der Waals surface area (Å²) >= 11 is 0. The van der Waals surface area contributed by atoms with Gasteiger partial charge in [-0.05, 0) is 18.2 Å². The maximum atomic E-state index is 12.5. The maximum absolute atomic E-state index is 12.5. The van der Waals surface area contributed by atoms with Crippen molar-refractivity contribution in [2.75, 3.05) is 19.8 Å². The summed E-state index contributed by atoms with van der Waals surface area (Å²) in [5.41, 5.74) is 0.162. The van der Waals surface area contributed by atoms with Gasteiger partial charge >= 0.3 is 12.6 Å². The Bertz CT molecular complexity index is 552. The van der Waals surface area contributed by atoms with Crippen molar-refractivity contribution >= 4 is 11.9 Å². The zero-order valence-corrected chi connectivity index (χ0v) is 11.6. The number of ether oxygens (including phenoxy) is 2. The lowest BCUT2D eigenvalue weighted by atomic mass is 10.1. The van der Waals surface area contributed by atoms with Crippen LogP contribution in [0.2, 0.25) is 0 Å². The van der Waals surface area contributed by atoms with Crippen LogP contribution in [-0.4, -0.2) is 54.3 Å². The lowest BCUT2D eigenvalue weighted by Gasteiger charge is -2.34. The number of alkyl halides is 2. The number of nitrogens with zero attached hydrogens (tertiary/aromatic N) is 1. The molecular weight excluding hydrogens is 300 g/mol. The van der Waals surface area contributed by atoms with E-state index in [4.69, 9.17) is 9.84 Å². The van der Waals surface area contributed by atoms with Crippen molar-refractivity contribution in [2.45, 2.75) is 19.1 Å². The van der Waals surface area contributed by atoms with Crippen LogP contribution < -0.4 is 4.74 Å². The zero-order chi connectivity index (χ0) is 16.1. The quantitative estimate of drug-likeness (QED) is 0.893. The summed E-state index contributed by atoms with van der Waals surface area (Å²) < 4.78 is 33.9. The zero-order valence-electron chi connectivity index (χ0n) is 11.6. The summed E-state index contributed by atoms with van der Waals surface area (Å²) in [6.45, 7) is -2.30. The number of carbonyl (C=O) groups is 2. The molecule has 8 heteroatoms. The fourth-order valence-corrected chi connectivity index (χ4v) is 2.26. The molecule has 120 valence electrons. The van der Waals surface area contributed by atoms with Crippen molar-refractivity contribution in [3.8, 4) is 5.75 Å². The van der Waals surface area contributed by atoms with Crippen molar-refractivity contribution in [2.24, 2.45) is 0 Å². The normalized spacial score (nSPS) is 18.3. The first-order valence-electron chi connectivity index (χ1n) is 6.62. The van der Waals surface area contributed by atoms with E-state index in [1.165, 1.54) is 29.2 Å². The number of morpholine rings is 1. The van der Waals surface area contributed by atoms with Gasteiger partial charge in [0.1, 0.15) is 5.75 Å². The average Bonchev–Trinajstić information content (AvgIpc) is 2.46. The molecule has 0 saturated carbocycles. The van der Waals surface area contributed by atoms with Crippen LogP contribution in [-0.2, 0) is 9.53 Å². The number of hydrogen-bond donors (Lipinski definition) is 1. The van der Waals surface area contributed by atoms with Gasteiger partial charge in [-0.25, -0.2) is 0 Å². The lowest BCUT2D eigenvalue weighted by Crippen LogP contribution is -2.49. The first-order valence-corrected chi connectivity index (χ1v) is 6.62. The van der Waals surface area contributed by atoms with Crippen molar-refractivity contribution in [3.05, 3.63) is 29.8 Å². The van der Waals surface area contributed by atoms with Crippen molar-refractivity contribution in [3.63, 3.8) is 0 Å². The number of carboxylic acid groups (broad SMARTS) is 1. The molecule has 0 aliphatic carbocycles. The second kappa shape index (κ2) is 7.17. The highest BCUT2D eigenvalue weighted by Gasteiger charge is 2.30. The first kappa shape index (κ1) is 16.2. The van der Waals surface area contributed by atoms with E-state index in [1.54, 1.807) is 0 Å². The summed E-state index contributed by atoms with van der Waals surface area (Å²) in [5.74, 6) is -1.60. The minimum Gasteiger partial charge on any atom is -0.481 e. The fraction of sp³-hybridized carbons (Fsp3) is 0.429. The molecule has 1 saturated heterocycles. The standard InChI is InChI=1S/C14H15F2NO5/c15-14(16)22-11-3-1-2-9(6-11)13(20)17-4-5-21-8-10(17)7-12(18)19/h1-3,6,10,14H,4-5,7-8H2,(H,18,19). The summed E-state index contributed by atoms with van der Waals surface area (Å²) in [7, 11) is 0. The Kier molecular flexibility index (Phi) is 5.26. The molecule has 0 bridgehead atoms. The van der Waals surface area contributed by atoms with Gasteiger partial charge in [-0.2, -0.15) is 8.78 Å². The molecule has 2 rings (SSSR count). The van der Waals surface area contributed by atoms with Crippen LogP contribution in [0.4, 0.5) is 8.78 Å². The molecule has 1 unspecified atom stereocenters. The first-order chi connectivity index (χ1) is 10.5. The topological polar surface area (TPSA) is 76.1 Å². The second-order valence-corrected chi connectivity index (χ2v) is 4.73. The molecule has 22 heavy (non-hydrogen) atoms. The molecule has 1 aromatic carbocycles. The molecule has 1 atom stereocenters. The highest BCUT2D eigenvalue weighted by atomic mass is 19.3. The third-order valence-electron chi connectivity index (χ3n) is 3.20. The highest BCUT2D eigenvalue weighted by Crippen LogP contribution is 2.20. The van der Waals surface area contributed by atoms with E-state index in [0.29, 0.717) is 6.61 Å². The number of hydrogen-bond acceptors (Lipinski definition) is 4. The third kappa shape index (κ3) is 4.14. The Hall–Kier alpha value is -2.22. The van der Waals surface area contributed by atoms with Crippen molar-refractivity contribution in [1.29, 1.82) is 0 Å². The van der Waals surface area contributed by atoms with Crippen LogP contribution in [0.3, 0.4) is 0 Å². The molecule has 1 aliphatic heterocycles. The monoisotopic (exact) mass is 315 g/mol. The largest absolute Gasteiger partial charge is 0.481 e. The van der Waals surface area contributed by atoms with E-state index in [-0.39, 0.29) is 30.9 Å². The van der Waals surface area contributed by atoms with Crippen molar-refractivity contribution in [1.82, 2.24) is 4.90 Å². The number of halogens is 2. The van der Waals surface area contributed by atoms with Crippen LogP contribution >= 0.6 is 0 Å². The van der Waals surface area contributed by atoms with E-state index >= 15 is 0 Å². The van der Waals surface area contributed by atoms with E-state index in [1.807, 2.05) is 0 Å². The Morgan fingerprint density at radius 1 is 1.45 bits per heavy atom. The SMILES string of the molecule is O=C(O)CC1COCCN1C(=O)c1cccc(OC(F)F)c1. The number of aliphatic carboxylic acids is 1. The van der Waals surface area contributed by atoms with E-state index in [2.05, 4.69) is 4.74 Å². The molecule has 1 amide bonds. The molecule has 0 spiro atoms. The number of carbonyl (C=O) groups excluding carboxylic acids is 1. The molecule has 6 nitrogen and oxygen atoms in total. The van der Waals surface area contributed by atoms with Gasteiger partial charge in [-0.3, -0.25) is 9.59 Å². The number of rotatable bonds is 5. The molecule has 0 aromatic heterocycles. The Morgan fingerprint density at radius 3 is 2.91 bits per heavy atom. The molecule has 0 radical (unpaired) electrons. The van der Waals surface area contributed by atoms with Gasteiger partial charge in [-0.1, -0.05) is 6.07 Å². The van der Waals surface area contributed by atoms with Crippen LogP contribution in [0.1, 0.15) is 16.8 Å². The predicted molar refractivity (Wildman–Crippen MR) is 71.0 cm³/mol. The smallest absolute Gasteiger partial charge is 0.387 e.